The van der Waals surface area contributed by atoms with Crippen LogP contribution in [-0.4, -0.2) is 12.0 Å². The Kier molecular flexibility index (Phi) is 3.48. The number of rotatable bonds is 3. The molecule has 0 spiro atoms. The summed E-state index contributed by atoms with van der Waals surface area (Å²) >= 11 is 5.87. The van der Waals surface area contributed by atoms with E-state index in [2.05, 4.69) is 0 Å². The first-order chi connectivity index (χ1) is 8.63. The molecule has 0 aliphatic heterocycles. The SMILES string of the molecule is COc1ccc(-c2cccc(Cl)c2[N+](=O)[O-])cc1. The Labute approximate surface area is 109 Å². The van der Waals surface area contributed by atoms with Gasteiger partial charge in [0.15, 0.2) is 0 Å². The summed E-state index contributed by atoms with van der Waals surface area (Å²) in [4.78, 5) is 10.6. The Morgan fingerprint density at radius 2 is 1.83 bits per heavy atom. The number of hydrogen-bond donors (Lipinski definition) is 0. The number of nitrogens with zero attached hydrogens (tertiary/aromatic N) is 1. The van der Waals surface area contributed by atoms with Crippen LogP contribution in [0.15, 0.2) is 42.5 Å². The average molecular weight is 264 g/mol. The Balaban J connectivity index is 2.56. The van der Waals surface area contributed by atoms with Crippen molar-refractivity contribution in [2.75, 3.05) is 7.11 Å². The summed E-state index contributed by atoms with van der Waals surface area (Å²) < 4.78 is 5.05. The maximum atomic E-state index is 11.0. The molecular formula is C13H10ClNO3. The van der Waals surface area contributed by atoms with E-state index in [0.29, 0.717) is 11.3 Å². The van der Waals surface area contributed by atoms with E-state index >= 15 is 0 Å². The van der Waals surface area contributed by atoms with Gasteiger partial charge in [0.25, 0.3) is 5.69 Å². The van der Waals surface area contributed by atoms with Gasteiger partial charge in [-0.1, -0.05) is 29.8 Å². The summed E-state index contributed by atoms with van der Waals surface area (Å²) in [7, 11) is 1.57. The van der Waals surface area contributed by atoms with Crippen molar-refractivity contribution < 1.29 is 9.66 Å². The molecule has 2 aromatic rings. The van der Waals surface area contributed by atoms with E-state index in [1.807, 2.05) is 0 Å². The fourth-order valence-electron chi connectivity index (χ4n) is 1.70. The van der Waals surface area contributed by atoms with Crippen molar-refractivity contribution >= 4 is 17.3 Å². The minimum Gasteiger partial charge on any atom is -0.497 e. The number of methoxy groups -OCH3 is 1. The zero-order valence-electron chi connectivity index (χ0n) is 9.59. The molecule has 0 heterocycles. The molecule has 0 atom stereocenters. The maximum Gasteiger partial charge on any atom is 0.295 e. The highest BCUT2D eigenvalue weighted by Crippen LogP contribution is 2.36. The standard InChI is InChI=1S/C13H10ClNO3/c1-18-10-7-5-9(6-8-10)11-3-2-4-12(14)13(11)15(16)17/h2-8H,1H3. The number of para-hydroxylation sites is 1. The first-order valence-electron chi connectivity index (χ1n) is 5.21. The second-order valence-electron chi connectivity index (χ2n) is 3.62. The summed E-state index contributed by atoms with van der Waals surface area (Å²) in [6.07, 6.45) is 0. The van der Waals surface area contributed by atoms with Crippen LogP contribution in [0.3, 0.4) is 0 Å². The van der Waals surface area contributed by atoms with Crippen LogP contribution in [0.4, 0.5) is 5.69 Å². The van der Waals surface area contributed by atoms with Crippen molar-refractivity contribution in [2.45, 2.75) is 0 Å². The second-order valence-corrected chi connectivity index (χ2v) is 4.03. The van der Waals surface area contributed by atoms with Gasteiger partial charge in [0, 0.05) is 0 Å². The minimum absolute atomic E-state index is 0.0793. The normalized spacial score (nSPS) is 10.1. The molecule has 0 amide bonds. The van der Waals surface area contributed by atoms with Crippen molar-refractivity contribution in [1.29, 1.82) is 0 Å². The van der Waals surface area contributed by atoms with Crippen LogP contribution >= 0.6 is 11.6 Å². The van der Waals surface area contributed by atoms with Crippen molar-refractivity contribution in [3.63, 3.8) is 0 Å². The number of benzene rings is 2. The number of nitro groups is 1. The van der Waals surface area contributed by atoms with Gasteiger partial charge in [-0.05, 0) is 29.8 Å². The van der Waals surface area contributed by atoms with E-state index in [4.69, 9.17) is 16.3 Å². The Morgan fingerprint density at radius 3 is 2.39 bits per heavy atom. The Morgan fingerprint density at radius 1 is 1.17 bits per heavy atom. The zero-order valence-corrected chi connectivity index (χ0v) is 10.3. The molecule has 4 nitrogen and oxygen atoms in total. The van der Waals surface area contributed by atoms with Crippen molar-refractivity contribution in [2.24, 2.45) is 0 Å². The summed E-state index contributed by atoms with van der Waals surface area (Å²) in [5.74, 6) is 0.698. The molecule has 92 valence electrons. The third-order valence-corrected chi connectivity index (χ3v) is 2.88. The molecule has 0 aliphatic carbocycles. The molecule has 0 aliphatic rings. The summed E-state index contributed by atoms with van der Waals surface area (Å²) in [6, 6.07) is 11.9. The molecule has 2 rings (SSSR count). The topological polar surface area (TPSA) is 52.4 Å². The lowest BCUT2D eigenvalue weighted by Gasteiger charge is -2.05. The molecule has 5 heteroatoms. The lowest BCUT2D eigenvalue weighted by atomic mass is 10.0. The maximum absolute atomic E-state index is 11.0. The van der Waals surface area contributed by atoms with Crippen LogP contribution in [0.1, 0.15) is 0 Å². The Bertz CT molecular complexity index is 581. The summed E-state index contributed by atoms with van der Waals surface area (Å²) in [5, 5.41) is 11.2. The number of nitro benzene ring substituents is 1. The van der Waals surface area contributed by atoms with Gasteiger partial charge < -0.3 is 4.74 Å². The third kappa shape index (κ3) is 2.28. The predicted octanol–water partition coefficient (Wildman–Crippen LogP) is 3.92. The summed E-state index contributed by atoms with van der Waals surface area (Å²) in [5.41, 5.74) is 1.14. The van der Waals surface area contributed by atoms with Crippen LogP contribution in [0.2, 0.25) is 5.02 Å². The van der Waals surface area contributed by atoms with E-state index in [-0.39, 0.29) is 10.7 Å². The highest BCUT2D eigenvalue weighted by Gasteiger charge is 2.19. The molecule has 0 N–H and O–H groups in total. The number of ether oxygens (including phenoxy) is 1. The molecule has 18 heavy (non-hydrogen) atoms. The largest absolute Gasteiger partial charge is 0.497 e. The van der Waals surface area contributed by atoms with Crippen LogP contribution in [0, 0.1) is 10.1 Å². The van der Waals surface area contributed by atoms with Crippen molar-refractivity contribution in [1.82, 2.24) is 0 Å². The first-order valence-corrected chi connectivity index (χ1v) is 5.58. The first kappa shape index (κ1) is 12.4. The van der Waals surface area contributed by atoms with Crippen molar-refractivity contribution in [3.8, 4) is 16.9 Å². The third-order valence-electron chi connectivity index (χ3n) is 2.57. The zero-order chi connectivity index (χ0) is 13.1. The van der Waals surface area contributed by atoms with Crippen LogP contribution < -0.4 is 4.74 Å². The van der Waals surface area contributed by atoms with E-state index in [9.17, 15) is 10.1 Å². The molecule has 0 saturated heterocycles. The fourth-order valence-corrected chi connectivity index (χ4v) is 1.95. The molecule has 0 saturated carbocycles. The van der Waals surface area contributed by atoms with Gasteiger partial charge >= 0.3 is 0 Å². The van der Waals surface area contributed by atoms with Gasteiger partial charge in [-0.15, -0.1) is 0 Å². The van der Waals surface area contributed by atoms with Crippen molar-refractivity contribution in [3.05, 3.63) is 57.6 Å². The molecule has 0 radical (unpaired) electrons. The second kappa shape index (κ2) is 5.06. The van der Waals surface area contributed by atoms with Crippen LogP contribution in [0.5, 0.6) is 5.75 Å². The quantitative estimate of drug-likeness (QED) is 0.623. The molecule has 0 bridgehead atoms. The lowest BCUT2D eigenvalue weighted by molar-refractivity contribution is -0.384. The van der Waals surface area contributed by atoms with E-state index in [1.165, 1.54) is 6.07 Å². The molecule has 0 fully saturated rings. The van der Waals surface area contributed by atoms with Gasteiger partial charge in [-0.2, -0.15) is 0 Å². The van der Waals surface area contributed by atoms with Gasteiger partial charge in [-0.3, -0.25) is 10.1 Å². The van der Waals surface area contributed by atoms with Crippen LogP contribution in [0.25, 0.3) is 11.1 Å². The molecule has 0 aromatic heterocycles. The highest BCUT2D eigenvalue weighted by atomic mass is 35.5. The Hall–Kier alpha value is -2.07. The smallest absolute Gasteiger partial charge is 0.295 e. The number of halogens is 1. The number of hydrogen-bond acceptors (Lipinski definition) is 3. The van der Waals surface area contributed by atoms with Gasteiger partial charge in [0.1, 0.15) is 10.8 Å². The highest BCUT2D eigenvalue weighted by molar-refractivity contribution is 6.33. The predicted molar refractivity (Wildman–Crippen MR) is 70.1 cm³/mol. The lowest BCUT2D eigenvalue weighted by Crippen LogP contribution is -1.93. The van der Waals surface area contributed by atoms with Gasteiger partial charge in [-0.25, -0.2) is 0 Å². The fraction of sp³-hybridized carbons (Fsp3) is 0.0769. The van der Waals surface area contributed by atoms with Gasteiger partial charge in [0.2, 0.25) is 0 Å². The minimum atomic E-state index is -0.470. The molecular weight excluding hydrogens is 254 g/mol. The van der Waals surface area contributed by atoms with E-state index < -0.39 is 4.92 Å². The molecule has 0 unspecified atom stereocenters. The summed E-state index contributed by atoms with van der Waals surface area (Å²) in [6.45, 7) is 0. The molecule has 2 aromatic carbocycles. The van der Waals surface area contributed by atoms with E-state index in [0.717, 1.165) is 5.56 Å². The van der Waals surface area contributed by atoms with Crippen LogP contribution in [-0.2, 0) is 0 Å². The average Bonchev–Trinajstić information content (AvgIpc) is 2.38. The monoisotopic (exact) mass is 263 g/mol. The van der Waals surface area contributed by atoms with Gasteiger partial charge in [0.05, 0.1) is 17.6 Å². The van der Waals surface area contributed by atoms with E-state index in [1.54, 1.807) is 43.5 Å².